The minimum absolute atomic E-state index is 0.124. The van der Waals surface area contributed by atoms with Gasteiger partial charge in [0.2, 0.25) is 17.7 Å². The first-order valence-electron chi connectivity index (χ1n) is 11.5. The van der Waals surface area contributed by atoms with Gasteiger partial charge in [-0.05, 0) is 36.8 Å². The molecule has 8 heteroatoms. The van der Waals surface area contributed by atoms with Crippen molar-refractivity contribution in [3.05, 3.63) is 23.9 Å². The van der Waals surface area contributed by atoms with Gasteiger partial charge in [-0.1, -0.05) is 0 Å². The number of carbonyl (C=O) groups excluding carboxylic acids is 2. The molecule has 0 radical (unpaired) electrons. The summed E-state index contributed by atoms with van der Waals surface area (Å²) in [6, 6.07) is 3.86. The Balaban J connectivity index is 1.39. The van der Waals surface area contributed by atoms with Gasteiger partial charge < -0.3 is 19.3 Å². The lowest BCUT2D eigenvalue weighted by atomic mass is 9.71. The van der Waals surface area contributed by atoms with E-state index >= 15 is 0 Å². The van der Waals surface area contributed by atoms with Gasteiger partial charge >= 0.3 is 0 Å². The van der Waals surface area contributed by atoms with Crippen LogP contribution in [0.5, 0.6) is 5.88 Å². The number of amides is 2. The largest absolute Gasteiger partial charge is 0.481 e. The highest BCUT2D eigenvalue weighted by molar-refractivity contribution is 5.89. The molecule has 1 aromatic rings. The number of pyridine rings is 1. The molecular weight excluding hydrogens is 396 g/mol. The molecule has 0 spiro atoms. The highest BCUT2D eigenvalue weighted by Gasteiger charge is 2.52. The zero-order valence-corrected chi connectivity index (χ0v) is 18.2. The maximum Gasteiger partial charge on any atom is 0.245 e. The van der Waals surface area contributed by atoms with Gasteiger partial charge in [0.25, 0.3) is 0 Å². The molecule has 5 rings (SSSR count). The number of rotatable bonds is 4. The highest BCUT2D eigenvalue weighted by Crippen LogP contribution is 2.42. The third kappa shape index (κ3) is 4.03. The van der Waals surface area contributed by atoms with Gasteiger partial charge in [-0.15, -0.1) is 0 Å². The topological polar surface area (TPSA) is 75.2 Å². The van der Waals surface area contributed by atoms with Crippen LogP contribution in [0.4, 0.5) is 0 Å². The zero-order valence-electron chi connectivity index (χ0n) is 18.2. The lowest BCUT2D eigenvalue weighted by molar-refractivity contribution is -0.167. The van der Waals surface area contributed by atoms with Crippen LogP contribution in [0.1, 0.15) is 31.2 Å². The van der Waals surface area contributed by atoms with E-state index in [1.165, 1.54) is 5.56 Å². The van der Waals surface area contributed by atoms with E-state index in [1.54, 1.807) is 13.3 Å². The maximum atomic E-state index is 13.6. The van der Waals surface area contributed by atoms with E-state index < -0.39 is 0 Å². The Morgan fingerprint density at radius 3 is 2.87 bits per heavy atom. The summed E-state index contributed by atoms with van der Waals surface area (Å²) in [4.78, 5) is 37.2. The van der Waals surface area contributed by atoms with Crippen LogP contribution in [0.2, 0.25) is 0 Å². The first-order chi connectivity index (χ1) is 15.1. The van der Waals surface area contributed by atoms with Crippen LogP contribution in [0.3, 0.4) is 0 Å². The van der Waals surface area contributed by atoms with Crippen LogP contribution >= 0.6 is 0 Å². The van der Waals surface area contributed by atoms with Crippen molar-refractivity contribution in [1.82, 2.24) is 19.7 Å². The summed E-state index contributed by atoms with van der Waals surface area (Å²) in [5.41, 5.74) is 1.17. The number of likely N-dealkylation sites (tertiary alicyclic amines) is 1. The Morgan fingerprint density at radius 2 is 2.06 bits per heavy atom. The lowest BCUT2D eigenvalue weighted by Gasteiger charge is -2.56. The Morgan fingerprint density at radius 1 is 1.26 bits per heavy atom. The van der Waals surface area contributed by atoms with Gasteiger partial charge in [0.05, 0.1) is 20.3 Å². The monoisotopic (exact) mass is 428 g/mol. The molecule has 4 fully saturated rings. The van der Waals surface area contributed by atoms with E-state index in [2.05, 4.69) is 9.88 Å². The molecule has 2 bridgehead atoms. The van der Waals surface area contributed by atoms with Crippen LogP contribution in [-0.2, 0) is 20.9 Å². The minimum Gasteiger partial charge on any atom is -0.481 e. The number of carbonyl (C=O) groups is 2. The molecule has 168 valence electrons. The second-order valence-electron chi connectivity index (χ2n) is 9.30. The molecule has 31 heavy (non-hydrogen) atoms. The fourth-order valence-corrected chi connectivity index (χ4v) is 6.09. The number of morpholine rings is 1. The third-order valence-corrected chi connectivity index (χ3v) is 7.41. The number of hydrogen-bond donors (Lipinski definition) is 0. The van der Waals surface area contributed by atoms with Crippen molar-refractivity contribution in [1.29, 1.82) is 0 Å². The molecule has 4 atom stereocenters. The first-order valence-corrected chi connectivity index (χ1v) is 11.5. The predicted molar refractivity (Wildman–Crippen MR) is 113 cm³/mol. The van der Waals surface area contributed by atoms with Crippen molar-refractivity contribution in [2.75, 3.05) is 46.5 Å². The molecule has 5 heterocycles. The van der Waals surface area contributed by atoms with Crippen molar-refractivity contribution < 1.29 is 19.1 Å². The molecular formula is C23H32N4O4. The smallest absolute Gasteiger partial charge is 0.245 e. The summed E-state index contributed by atoms with van der Waals surface area (Å²) >= 11 is 0. The summed E-state index contributed by atoms with van der Waals surface area (Å²) in [5.74, 6) is 1.53. The van der Waals surface area contributed by atoms with Gasteiger partial charge in [0.15, 0.2) is 0 Å². The Hall–Kier alpha value is -2.19. The maximum absolute atomic E-state index is 13.6. The average molecular weight is 429 g/mol. The number of aromatic nitrogens is 1. The predicted octanol–water partition coefficient (Wildman–Crippen LogP) is 1.15. The summed E-state index contributed by atoms with van der Waals surface area (Å²) in [7, 11) is 1.63. The third-order valence-electron chi connectivity index (χ3n) is 7.41. The molecule has 4 saturated heterocycles. The van der Waals surface area contributed by atoms with E-state index in [-0.39, 0.29) is 29.8 Å². The van der Waals surface area contributed by atoms with Gasteiger partial charge in [-0.3, -0.25) is 14.5 Å². The van der Waals surface area contributed by atoms with Crippen LogP contribution in [0, 0.1) is 11.8 Å². The van der Waals surface area contributed by atoms with E-state index in [1.807, 2.05) is 21.9 Å². The fourth-order valence-electron chi connectivity index (χ4n) is 6.09. The number of ether oxygens (including phenoxy) is 2. The summed E-state index contributed by atoms with van der Waals surface area (Å²) in [6.07, 6.45) is 5.33. The van der Waals surface area contributed by atoms with Crippen LogP contribution in [0.25, 0.3) is 0 Å². The SMILES string of the molecule is COc1cc(CN2C[C@@H]3C[C@H](C2)[C@H](C(=O)N2CCOCC2)N2C(=O)CCC[C@@H]32)ccn1. The molecule has 0 aliphatic carbocycles. The van der Waals surface area contributed by atoms with E-state index in [0.717, 1.165) is 38.9 Å². The molecule has 0 N–H and O–H groups in total. The minimum atomic E-state index is -0.332. The van der Waals surface area contributed by atoms with Crippen LogP contribution in [-0.4, -0.2) is 90.1 Å². The van der Waals surface area contributed by atoms with Gasteiger partial charge in [0, 0.05) is 63.4 Å². The number of hydrogen-bond acceptors (Lipinski definition) is 6. The number of fused-ring (bicyclic) bond motifs is 4. The molecule has 1 aromatic heterocycles. The molecule has 8 nitrogen and oxygen atoms in total. The quantitative estimate of drug-likeness (QED) is 0.716. The first kappa shape index (κ1) is 20.7. The van der Waals surface area contributed by atoms with E-state index in [4.69, 9.17) is 9.47 Å². The Kier molecular flexibility index (Phi) is 5.84. The molecule has 0 unspecified atom stereocenters. The Labute approximate surface area is 183 Å². The van der Waals surface area contributed by atoms with Crippen molar-refractivity contribution in [2.45, 2.75) is 44.3 Å². The number of piperidine rings is 3. The second kappa shape index (κ2) is 8.74. The summed E-state index contributed by atoms with van der Waals surface area (Å²) < 4.78 is 10.7. The Bertz CT molecular complexity index is 828. The van der Waals surface area contributed by atoms with Crippen LogP contribution < -0.4 is 4.74 Å². The fraction of sp³-hybridized carbons (Fsp3) is 0.696. The normalized spacial score (nSPS) is 31.3. The van der Waals surface area contributed by atoms with Crippen LogP contribution in [0.15, 0.2) is 18.3 Å². The highest BCUT2D eigenvalue weighted by atomic mass is 16.5. The van der Waals surface area contributed by atoms with E-state index in [9.17, 15) is 9.59 Å². The van der Waals surface area contributed by atoms with Crippen molar-refractivity contribution in [2.24, 2.45) is 11.8 Å². The number of nitrogens with zero attached hydrogens (tertiary/aromatic N) is 4. The van der Waals surface area contributed by atoms with E-state index in [0.29, 0.717) is 44.5 Å². The van der Waals surface area contributed by atoms with Crippen molar-refractivity contribution in [3.63, 3.8) is 0 Å². The van der Waals surface area contributed by atoms with Gasteiger partial charge in [0.1, 0.15) is 6.04 Å². The number of methoxy groups -OCH3 is 1. The molecule has 0 saturated carbocycles. The molecule has 4 aliphatic heterocycles. The second-order valence-corrected chi connectivity index (χ2v) is 9.30. The van der Waals surface area contributed by atoms with Gasteiger partial charge in [-0.2, -0.15) is 0 Å². The van der Waals surface area contributed by atoms with Crippen molar-refractivity contribution >= 4 is 11.8 Å². The lowest BCUT2D eigenvalue weighted by Crippen LogP contribution is -2.68. The summed E-state index contributed by atoms with van der Waals surface area (Å²) in [6.45, 7) is 5.02. The molecule has 0 aromatic carbocycles. The molecule has 4 aliphatic rings. The van der Waals surface area contributed by atoms with Gasteiger partial charge in [-0.25, -0.2) is 4.98 Å². The average Bonchev–Trinajstić information content (AvgIpc) is 2.80. The molecule has 2 amide bonds. The summed E-state index contributed by atoms with van der Waals surface area (Å²) in [5, 5.41) is 0. The standard InChI is InChI=1S/C23H32N4O4/c1-30-20-11-16(5-6-24-20)13-25-14-17-12-18(15-25)22(23(29)26-7-9-31-10-8-26)27-19(17)3-2-4-21(27)28/h5-6,11,17-19,22H,2-4,7-10,12-15H2,1H3/t17-,18+,19-,22+/m0/s1. The zero-order chi connectivity index (χ0) is 21.4. The van der Waals surface area contributed by atoms with Crippen molar-refractivity contribution in [3.8, 4) is 5.88 Å².